The second-order valence-electron chi connectivity index (χ2n) is 3.89. The Morgan fingerprint density at radius 3 is 2.40 bits per heavy atom. The summed E-state index contributed by atoms with van der Waals surface area (Å²) in [6.07, 6.45) is 6.12. The molecule has 4 heteroatoms. The molecule has 2 N–H and O–H groups in total. The van der Waals surface area contributed by atoms with Gasteiger partial charge in [-0.15, -0.1) is 0 Å². The molecule has 15 heavy (non-hydrogen) atoms. The standard InChI is InChI=1S/C11H16O4/c12-10(13)8-5-3-1-2-4-6-9(7-8)11(14)15/h7-8H,1-6H2,(H,12,13)(H,14,15). The Balaban J connectivity index is 2.82. The monoisotopic (exact) mass is 212 g/mol. The molecule has 0 bridgehead atoms. The third kappa shape index (κ3) is 3.73. The molecule has 1 aliphatic rings. The van der Waals surface area contributed by atoms with Gasteiger partial charge < -0.3 is 10.2 Å². The fraction of sp³-hybridized carbons (Fsp3) is 0.636. The van der Waals surface area contributed by atoms with Crippen LogP contribution in [0.5, 0.6) is 0 Å². The Kier molecular flexibility index (Phi) is 4.34. The van der Waals surface area contributed by atoms with Crippen molar-refractivity contribution in [2.24, 2.45) is 5.92 Å². The highest BCUT2D eigenvalue weighted by Crippen LogP contribution is 2.21. The van der Waals surface area contributed by atoms with Crippen molar-refractivity contribution in [1.82, 2.24) is 0 Å². The summed E-state index contributed by atoms with van der Waals surface area (Å²) in [5.41, 5.74) is 0.254. The van der Waals surface area contributed by atoms with E-state index in [-0.39, 0.29) is 5.57 Å². The van der Waals surface area contributed by atoms with Crippen molar-refractivity contribution in [3.05, 3.63) is 11.6 Å². The minimum atomic E-state index is -0.983. The second kappa shape index (κ2) is 5.53. The predicted octanol–water partition coefficient (Wildman–Crippen LogP) is 2.05. The number of carbonyl (C=O) groups is 2. The lowest BCUT2D eigenvalue weighted by Gasteiger charge is -2.07. The van der Waals surface area contributed by atoms with Crippen LogP contribution in [0.15, 0.2) is 11.6 Å². The lowest BCUT2D eigenvalue weighted by molar-refractivity contribution is -0.140. The average molecular weight is 212 g/mol. The lowest BCUT2D eigenvalue weighted by Crippen LogP contribution is -2.13. The van der Waals surface area contributed by atoms with Crippen molar-refractivity contribution in [3.8, 4) is 0 Å². The summed E-state index contributed by atoms with van der Waals surface area (Å²) >= 11 is 0. The molecular weight excluding hydrogens is 196 g/mol. The number of aliphatic carboxylic acids is 2. The molecule has 0 fully saturated rings. The van der Waals surface area contributed by atoms with Gasteiger partial charge in [-0.1, -0.05) is 25.3 Å². The first kappa shape index (κ1) is 11.8. The van der Waals surface area contributed by atoms with Crippen molar-refractivity contribution < 1.29 is 19.8 Å². The Morgan fingerprint density at radius 2 is 1.80 bits per heavy atom. The average Bonchev–Trinajstić information content (AvgIpc) is 2.28. The van der Waals surface area contributed by atoms with Gasteiger partial charge in [0.25, 0.3) is 0 Å². The molecule has 0 spiro atoms. The van der Waals surface area contributed by atoms with E-state index in [0.717, 1.165) is 25.7 Å². The maximum absolute atomic E-state index is 10.9. The van der Waals surface area contributed by atoms with Gasteiger partial charge in [0.05, 0.1) is 5.92 Å². The van der Waals surface area contributed by atoms with E-state index in [1.807, 2.05) is 0 Å². The molecule has 0 radical (unpaired) electrons. The van der Waals surface area contributed by atoms with Crippen LogP contribution in [0.4, 0.5) is 0 Å². The fourth-order valence-electron chi connectivity index (χ4n) is 1.82. The molecule has 0 saturated heterocycles. The number of hydrogen-bond acceptors (Lipinski definition) is 2. The number of rotatable bonds is 2. The number of hydrogen-bond donors (Lipinski definition) is 2. The first-order valence-electron chi connectivity index (χ1n) is 5.28. The van der Waals surface area contributed by atoms with Crippen LogP contribution >= 0.6 is 0 Å². The largest absolute Gasteiger partial charge is 0.481 e. The molecule has 4 nitrogen and oxygen atoms in total. The molecule has 0 aromatic rings. The van der Waals surface area contributed by atoms with E-state index in [1.165, 1.54) is 6.08 Å². The summed E-state index contributed by atoms with van der Waals surface area (Å²) in [5.74, 6) is -2.53. The molecule has 1 atom stereocenters. The zero-order valence-electron chi connectivity index (χ0n) is 8.61. The van der Waals surface area contributed by atoms with E-state index < -0.39 is 17.9 Å². The highest BCUT2D eigenvalue weighted by molar-refractivity contribution is 5.87. The van der Waals surface area contributed by atoms with Gasteiger partial charge in [0.15, 0.2) is 0 Å². The summed E-state index contributed by atoms with van der Waals surface area (Å²) in [6, 6.07) is 0. The van der Waals surface area contributed by atoms with Gasteiger partial charge in [0.1, 0.15) is 0 Å². The first-order chi connectivity index (χ1) is 7.11. The van der Waals surface area contributed by atoms with Crippen LogP contribution in [0.1, 0.15) is 38.5 Å². The summed E-state index contributed by atoms with van der Waals surface area (Å²) in [4.78, 5) is 21.7. The van der Waals surface area contributed by atoms with Crippen LogP contribution in [0, 0.1) is 5.92 Å². The van der Waals surface area contributed by atoms with E-state index in [0.29, 0.717) is 12.8 Å². The molecule has 1 aliphatic carbocycles. The van der Waals surface area contributed by atoms with Crippen molar-refractivity contribution in [3.63, 3.8) is 0 Å². The van der Waals surface area contributed by atoms with Crippen LogP contribution in [0.2, 0.25) is 0 Å². The smallest absolute Gasteiger partial charge is 0.331 e. The summed E-state index contributed by atoms with van der Waals surface area (Å²) in [6.45, 7) is 0. The molecule has 0 aliphatic heterocycles. The number of carboxylic acids is 2. The van der Waals surface area contributed by atoms with Gasteiger partial charge in [-0.3, -0.25) is 4.79 Å². The van der Waals surface area contributed by atoms with E-state index in [1.54, 1.807) is 0 Å². The van der Waals surface area contributed by atoms with E-state index in [2.05, 4.69) is 0 Å². The Labute approximate surface area is 88.6 Å². The Hall–Kier alpha value is -1.32. The van der Waals surface area contributed by atoms with Gasteiger partial charge >= 0.3 is 11.9 Å². The second-order valence-corrected chi connectivity index (χ2v) is 3.89. The third-order valence-electron chi connectivity index (χ3n) is 2.71. The normalized spacial score (nSPS) is 23.2. The third-order valence-corrected chi connectivity index (χ3v) is 2.71. The summed E-state index contributed by atoms with van der Waals surface area (Å²) in [7, 11) is 0. The van der Waals surface area contributed by atoms with Gasteiger partial charge in [0, 0.05) is 5.57 Å². The van der Waals surface area contributed by atoms with Gasteiger partial charge in [0.2, 0.25) is 0 Å². The quantitative estimate of drug-likeness (QED) is 0.734. The van der Waals surface area contributed by atoms with Gasteiger partial charge in [-0.25, -0.2) is 4.79 Å². The van der Waals surface area contributed by atoms with Crippen molar-refractivity contribution >= 4 is 11.9 Å². The predicted molar refractivity (Wildman–Crippen MR) is 54.5 cm³/mol. The van der Waals surface area contributed by atoms with Crippen molar-refractivity contribution in [1.29, 1.82) is 0 Å². The lowest BCUT2D eigenvalue weighted by atomic mass is 9.99. The molecular formula is C11H16O4. The molecule has 1 unspecified atom stereocenters. The number of carboxylic acid groups (broad SMARTS) is 2. The molecule has 0 saturated carbocycles. The van der Waals surface area contributed by atoms with Crippen LogP contribution in [-0.2, 0) is 9.59 Å². The van der Waals surface area contributed by atoms with Gasteiger partial charge in [-0.2, -0.15) is 0 Å². The highest BCUT2D eigenvalue weighted by Gasteiger charge is 2.19. The van der Waals surface area contributed by atoms with Crippen LogP contribution in [0.25, 0.3) is 0 Å². The van der Waals surface area contributed by atoms with E-state index >= 15 is 0 Å². The Bertz CT molecular complexity index is 280. The van der Waals surface area contributed by atoms with Crippen molar-refractivity contribution in [2.75, 3.05) is 0 Å². The molecule has 1 rings (SSSR count). The van der Waals surface area contributed by atoms with Crippen LogP contribution in [0.3, 0.4) is 0 Å². The van der Waals surface area contributed by atoms with Crippen LogP contribution in [-0.4, -0.2) is 22.2 Å². The highest BCUT2D eigenvalue weighted by atomic mass is 16.4. The first-order valence-corrected chi connectivity index (χ1v) is 5.28. The molecule has 0 aromatic heterocycles. The Morgan fingerprint density at radius 1 is 1.13 bits per heavy atom. The summed E-state index contributed by atoms with van der Waals surface area (Å²) in [5, 5.41) is 17.8. The minimum absolute atomic E-state index is 0.254. The van der Waals surface area contributed by atoms with E-state index in [9.17, 15) is 9.59 Å². The maximum Gasteiger partial charge on any atom is 0.331 e. The van der Waals surface area contributed by atoms with Crippen molar-refractivity contribution in [2.45, 2.75) is 38.5 Å². The van der Waals surface area contributed by atoms with Crippen LogP contribution < -0.4 is 0 Å². The zero-order valence-corrected chi connectivity index (χ0v) is 8.61. The molecule has 0 aromatic carbocycles. The van der Waals surface area contributed by atoms with E-state index in [4.69, 9.17) is 10.2 Å². The minimum Gasteiger partial charge on any atom is -0.481 e. The summed E-state index contributed by atoms with van der Waals surface area (Å²) < 4.78 is 0. The molecule has 84 valence electrons. The van der Waals surface area contributed by atoms with Gasteiger partial charge in [-0.05, 0) is 19.3 Å². The zero-order chi connectivity index (χ0) is 11.3. The molecule has 0 amide bonds. The fourth-order valence-corrected chi connectivity index (χ4v) is 1.82. The maximum atomic E-state index is 10.9. The molecule has 0 heterocycles. The SMILES string of the molecule is O=C(O)C1=CC(C(=O)O)CCCCCC1. The topological polar surface area (TPSA) is 74.6 Å².